The van der Waals surface area contributed by atoms with E-state index >= 15 is 0 Å². The maximum absolute atomic E-state index is 10.4. The number of hydrogen-bond donors (Lipinski definition) is 2. The van der Waals surface area contributed by atoms with Gasteiger partial charge >= 0.3 is 6.01 Å². The average molecular weight is 487 g/mol. The highest BCUT2D eigenvalue weighted by molar-refractivity contribution is 5.64. The fraction of sp³-hybridized carbons (Fsp3) is 0.286. The number of rotatable bonds is 10. The summed E-state index contributed by atoms with van der Waals surface area (Å²) in [6, 6.07) is 23.9. The molecule has 1 aliphatic rings. The van der Waals surface area contributed by atoms with Crippen molar-refractivity contribution >= 4 is 5.69 Å². The number of benzene rings is 3. The number of aliphatic hydroxyl groups is 1. The lowest BCUT2D eigenvalue weighted by molar-refractivity contribution is 0.174. The van der Waals surface area contributed by atoms with Gasteiger partial charge in [0, 0.05) is 24.2 Å². The second-order valence-electron chi connectivity index (χ2n) is 9.17. The zero-order valence-corrected chi connectivity index (χ0v) is 20.4. The zero-order chi connectivity index (χ0) is 24.9. The normalized spacial score (nSPS) is 13.1. The number of ether oxygens (including phenoxy) is 3. The molecule has 8 heteroatoms. The minimum absolute atomic E-state index is 0.211. The number of anilines is 1. The molecule has 5 rings (SSSR count). The molecule has 186 valence electrons. The molecule has 36 heavy (non-hydrogen) atoms. The van der Waals surface area contributed by atoms with E-state index in [4.69, 9.17) is 14.2 Å². The molecule has 1 unspecified atom stereocenters. The lowest BCUT2D eigenvalue weighted by Crippen LogP contribution is -2.21. The Labute approximate surface area is 210 Å². The molecule has 1 aliphatic heterocycles. The maximum atomic E-state index is 10.4. The van der Waals surface area contributed by atoms with Gasteiger partial charge in [-0.15, -0.1) is 5.10 Å². The SMILES string of the molecule is CC(C)COc1nc(-c2ccc3c(c2)OCO3)n(-c2ccc(NCC(O)Cc3ccccc3)cc2)n1. The minimum atomic E-state index is -0.485. The zero-order valence-electron chi connectivity index (χ0n) is 20.4. The molecule has 2 N–H and O–H groups in total. The van der Waals surface area contributed by atoms with Crippen molar-refractivity contribution in [2.24, 2.45) is 5.92 Å². The Hall–Kier alpha value is -4.04. The van der Waals surface area contributed by atoms with E-state index in [1.165, 1.54) is 0 Å². The van der Waals surface area contributed by atoms with Crippen LogP contribution in [0.3, 0.4) is 0 Å². The van der Waals surface area contributed by atoms with Gasteiger partial charge < -0.3 is 24.6 Å². The fourth-order valence-electron chi connectivity index (χ4n) is 3.91. The first-order valence-electron chi connectivity index (χ1n) is 12.1. The molecule has 0 saturated heterocycles. The molecule has 0 radical (unpaired) electrons. The van der Waals surface area contributed by atoms with Crippen molar-refractivity contribution in [1.82, 2.24) is 14.8 Å². The summed E-state index contributed by atoms with van der Waals surface area (Å²) in [5, 5.41) is 18.3. The Morgan fingerprint density at radius 1 is 1.00 bits per heavy atom. The van der Waals surface area contributed by atoms with E-state index in [9.17, 15) is 5.11 Å². The van der Waals surface area contributed by atoms with E-state index in [0.717, 1.165) is 22.5 Å². The van der Waals surface area contributed by atoms with Crippen LogP contribution in [-0.2, 0) is 6.42 Å². The molecule has 0 bridgehead atoms. The maximum Gasteiger partial charge on any atom is 0.336 e. The van der Waals surface area contributed by atoms with E-state index in [1.807, 2.05) is 72.8 Å². The Morgan fingerprint density at radius 3 is 2.56 bits per heavy atom. The van der Waals surface area contributed by atoms with Crippen molar-refractivity contribution in [2.45, 2.75) is 26.4 Å². The molecule has 1 aromatic heterocycles. The predicted molar refractivity (Wildman–Crippen MR) is 138 cm³/mol. The van der Waals surface area contributed by atoms with Crippen molar-refractivity contribution in [3.05, 3.63) is 78.4 Å². The Balaban J connectivity index is 1.33. The predicted octanol–water partition coefficient (Wildman–Crippen LogP) is 4.71. The first-order valence-corrected chi connectivity index (χ1v) is 12.1. The molecule has 0 amide bonds. The van der Waals surface area contributed by atoms with Crippen molar-refractivity contribution < 1.29 is 19.3 Å². The van der Waals surface area contributed by atoms with Gasteiger partial charge in [-0.2, -0.15) is 4.98 Å². The molecule has 0 fully saturated rings. The van der Waals surface area contributed by atoms with E-state index < -0.39 is 6.10 Å². The van der Waals surface area contributed by atoms with Crippen LogP contribution < -0.4 is 19.5 Å². The number of fused-ring (bicyclic) bond motifs is 1. The van der Waals surface area contributed by atoms with Crippen LogP contribution in [0.15, 0.2) is 72.8 Å². The van der Waals surface area contributed by atoms with Gasteiger partial charge in [-0.25, -0.2) is 4.68 Å². The quantitative estimate of drug-likeness (QED) is 0.335. The largest absolute Gasteiger partial charge is 0.462 e. The first kappa shape index (κ1) is 23.7. The van der Waals surface area contributed by atoms with E-state index in [-0.39, 0.29) is 6.79 Å². The summed E-state index contributed by atoms with van der Waals surface area (Å²) in [5.41, 5.74) is 3.70. The molecular weight excluding hydrogens is 456 g/mol. The van der Waals surface area contributed by atoms with Gasteiger partial charge in [0.2, 0.25) is 6.79 Å². The Morgan fingerprint density at radius 2 is 1.78 bits per heavy atom. The summed E-state index contributed by atoms with van der Waals surface area (Å²) < 4.78 is 18.6. The molecule has 2 heterocycles. The summed E-state index contributed by atoms with van der Waals surface area (Å²) in [7, 11) is 0. The number of aliphatic hydroxyl groups excluding tert-OH is 1. The smallest absolute Gasteiger partial charge is 0.336 e. The van der Waals surface area contributed by atoms with Crippen LogP contribution in [0.2, 0.25) is 0 Å². The number of nitrogens with one attached hydrogen (secondary N) is 1. The highest BCUT2D eigenvalue weighted by Gasteiger charge is 2.19. The summed E-state index contributed by atoms with van der Waals surface area (Å²) >= 11 is 0. The van der Waals surface area contributed by atoms with Gasteiger partial charge in [0.15, 0.2) is 17.3 Å². The number of nitrogens with zero attached hydrogens (tertiary/aromatic N) is 3. The lowest BCUT2D eigenvalue weighted by atomic mass is 10.1. The summed E-state index contributed by atoms with van der Waals surface area (Å²) in [4.78, 5) is 4.66. The third kappa shape index (κ3) is 5.60. The fourth-order valence-corrected chi connectivity index (χ4v) is 3.91. The van der Waals surface area contributed by atoms with Gasteiger partial charge in [0.1, 0.15) is 0 Å². The summed E-state index contributed by atoms with van der Waals surface area (Å²) in [5.74, 6) is 2.39. The molecule has 1 atom stereocenters. The summed E-state index contributed by atoms with van der Waals surface area (Å²) in [6.07, 6.45) is 0.115. The van der Waals surface area contributed by atoms with Crippen LogP contribution in [0.25, 0.3) is 17.1 Å². The van der Waals surface area contributed by atoms with Crippen LogP contribution in [0.1, 0.15) is 19.4 Å². The van der Waals surface area contributed by atoms with Crippen molar-refractivity contribution in [2.75, 3.05) is 25.3 Å². The number of hydrogen-bond acceptors (Lipinski definition) is 7. The highest BCUT2D eigenvalue weighted by Crippen LogP contribution is 2.36. The van der Waals surface area contributed by atoms with Crippen LogP contribution in [-0.4, -0.2) is 45.9 Å². The van der Waals surface area contributed by atoms with Crippen molar-refractivity contribution in [3.63, 3.8) is 0 Å². The standard InChI is InChI=1S/C28H30N4O4/c1-19(2)17-34-28-30-27(21-8-13-25-26(15-21)36-18-35-25)32(31-28)23-11-9-22(10-12-23)29-16-24(33)14-20-6-4-3-5-7-20/h3-13,15,19,24,29,33H,14,16-18H2,1-2H3. The van der Waals surface area contributed by atoms with Crippen molar-refractivity contribution in [1.29, 1.82) is 0 Å². The van der Waals surface area contributed by atoms with Gasteiger partial charge in [0.05, 0.1) is 18.4 Å². The van der Waals surface area contributed by atoms with Gasteiger partial charge in [-0.1, -0.05) is 44.2 Å². The molecular formula is C28H30N4O4. The monoisotopic (exact) mass is 486 g/mol. The average Bonchev–Trinajstić information content (AvgIpc) is 3.54. The lowest BCUT2D eigenvalue weighted by Gasteiger charge is -2.13. The molecule has 4 aromatic rings. The van der Waals surface area contributed by atoms with Crippen LogP contribution in [0, 0.1) is 5.92 Å². The third-order valence-electron chi connectivity index (χ3n) is 5.73. The van der Waals surface area contributed by atoms with Crippen LogP contribution >= 0.6 is 0 Å². The first-order chi connectivity index (χ1) is 17.5. The van der Waals surface area contributed by atoms with E-state index in [0.29, 0.717) is 48.8 Å². The Kier molecular flexibility index (Phi) is 7.04. The van der Waals surface area contributed by atoms with Gasteiger partial charge in [0.25, 0.3) is 0 Å². The van der Waals surface area contributed by atoms with Crippen LogP contribution in [0.4, 0.5) is 5.69 Å². The van der Waals surface area contributed by atoms with Crippen LogP contribution in [0.5, 0.6) is 17.5 Å². The van der Waals surface area contributed by atoms with E-state index in [2.05, 4.69) is 29.2 Å². The minimum Gasteiger partial charge on any atom is -0.462 e. The molecule has 3 aromatic carbocycles. The Bertz CT molecular complexity index is 1290. The molecule has 0 saturated carbocycles. The third-order valence-corrected chi connectivity index (χ3v) is 5.73. The summed E-state index contributed by atoms with van der Waals surface area (Å²) in [6.45, 7) is 5.35. The second-order valence-corrected chi connectivity index (χ2v) is 9.17. The number of aromatic nitrogens is 3. The van der Waals surface area contributed by atoms with Crippen molar-refractivity contribution in [3.8, 4) is 34.6 Å². The topological polar surface area (TPSA) is 90.7 Å². The molecule has 8 nitrogen and oxygen atoms in total. The van der Waals surface area contributed by atoms with E-state index in [1.54, 1.807) is 4.68 Å². The highest BCUT2D eigenvalue weighted by atomic mass is 16.7. The van der Waals surface area contributed by atoms with Gasteiger partial charge in [-0.3, -0.25) is 0 Å². The van der Waals surface area contributed by atoms with Gasteiger partial charge in [-0.05, 0) is 53.9 Å². The molecule has 0 aliphatic carbocycles. The second kappa shape index (κ2) is 10.7. The molecule has 0 spiro atoms.